The highest BCUT2D eigenvalue weighted by Gasteiger charge is 2.19. The molecule has 0 rings (SSSR count). The van der Waals surface area contributed by atoms with Crippen molar-refractivity contribution in [3.05, 3.63) is 0 Å². The summed E-state index contributed by atoms with van der Waals surface area (Å²) in [6.45, 7) is 9.06. The molecule has 63 heavy (non-hydrogen) atoms. The fourth-order valence-corrected chi connectivity index (χ4v) is 8.75. The van der Waals surface area contributed by atoms with Crippen molar-refractivity contribution >= 4 is 17.9 Å². The number of carbonyl (C=O) groups is 3. The van der Waals surface area contributed by atoms with Crippen LogP contribution in [0.4, 0.5) is 0 Å². The molecule has 0 aromatic carbocycles. The van der Waals surface area contributed by atoms with Crippen LogP contribution in [0.25, 0.3) is 0 Å². The molecule has 0 unspecified atom stereocenters. The summed E-state index contributed by atoms with van der Waals surface area (Å²) >= 11 is 0. The van der Waals surface area contributed by atoms with E-state index in [-0.39, 0.29) is 31.1 Å². The Morgan fingerprint density at radius 3 is 0.778 bits per heavy atom. The smallest absolute Gasteiger partial charge is 0.306 e. The molecule has 0 spiro atoms. The average molecular weight is 892 g/mol. The van der Waals surface area contributed by atoms with Gasteiger partial charge in [0.2, 0.25) is 0 Å². The molecule has 0 aromatic rings. The fraction of sp³-hybridized carbons (Fsp3) is 0.947. The lowest BCUT2D eigenvalue weighted by atomic mass is 10.0. The van der Waals surface area contributed by atoms with Crippen molar-refractivity contribution < 1.29 is 28.6 Å². The highest BCUT2D eigenvalue weighted by Crippen LogP contribution is 2.18. The number of hydrogen-bond donors (Lipinski definition) is 0. The van der Waals surface area contributed by atoms with Crippen molar-refractivity contribution in [3.8, 4) is 0 Å². The Morgan fingerprint density at radius 1 is 0.302 bits per heavy atom. The molecule has 6 heteroatoms. The van der Waals surface area contributed by atoms with E-state index in [9.17, 15) is 14.4 Å². The van der Waals surface area contributed by atoms with E-state index in [1.807, 2.05) is 0 Å². The summed E-state index contributed by atoms with van der Waals surface area (Å²) < 4.78 is 16.9. The number of hydrogen-bond acceptors (Lipinski definition) is 6. The highest BCUT2D eigenvalue weighted by atomic mass is 16.6. The molecule has 374 valence electrons. The van der Waals surface area contributed by atoms with Crippen LogP contribution in [0.2, 0.25) is 0 Å². The van der Waals surface area contributed by atoms with Crippen LogP contribution >= 0.6 is 0 Å². The van der Waals surface area contributed by atoms with Gasteiger partial charge in [0.25, 0.3) is 0 Å². The topological polar surface area (TPSA) is 78.9 Å². The van der Waals surface area contributed by atoms with Gasteiger partial charge in [-0.15, -0.1) is 0 Å². The molecule has 0 radical (unpaired) electrons. The first-order chi connectivity index (χ1) is 30.9. The first-order valence-electron chi connectivity index (χ1n) is 28.4. The van der Waals surface area contributed by atoms with E-state index in [1.165, 1.54) is 218 Å². The Hall–Kier alpha value is -1.59. The third-order valence-corrected chi connectivity index (χ3v) is 13.0. The van der Waals surface area contributed by atoms with Crippen molar-refractivity contribution in [1.82, 2.24) is 0 Å². The second kappa shape index (κ2) is 51.4. The minimum Gasteiger partial charge on any atom is -0.462 e. The van der Waals surface area contributed by atoms with Crippen molar-refractivity contribution in [2.24, 2.45) is 5.92 Å². The summed E-state index contributed by atoms with van der Waals surface area (Å²) in [6.07, 6.45) is 55.2. The van der Waals surface area contributed by atoms with Crippen molar-refractivity contribution in [2.45, 2.75) is 329 Å². The number of unbranched alkanes of at least 4 members (excludes halogenated alkanes) is 39. The van der Waals surface area contributed by atoms with E-state index in [4.69, 9.17) is 14.2 Å². The standard InChI is InChI=1S/C57H110O6/c1-5-7-9-11-13-15-17-18-21-25-29-32-36-40-44-48-55(58)61-51-54(63-57(60)50-46-42-38-34-27-16-14-12-10-8-6-2)52-62-56(59)49-45-41-37-33-30-26-23-20-19-22-24-28-31-35-39-43-47-53(3)4/h53-54H,5-52H2,1-4H3/t54-/m1/s1. The molecule has 6 nitrogen and oxygen atoms in total. The van der Waals surface area contributed by atoms with Gasteiger partial charge in [0, 0.05) is 19.3 Å². The van der Waals surface area contributed by atoms with Gasteiger partial charge < -0.3 is 14.2 Å². The Kier molecular flexibility index (Phi) is 50.1. The SMILES string of the molecule is CCCCCCCCCCCCCCCCCC(=O)OC[C@H](COC(=O)CCCCCCCCCCCCCCCCCCC(C)C)OC(=O)CCCCCCCCCCCCC. The third-order valence-electron chi connectivity index (χ3n) is 13.0. The number of carbonyl (C=O) groups excluding carboxylic acids is 3. The van der Waals surface area contributed by atoms with Gasteiger partial charge in [0.15, 0.2) is 6.10 Å². The number of rotatable bonds is 52. The van der Waals surface area contributed by atoms with Crippen molar-refractivity contribution in [3.63, 3.8) is 0 Å². The maximum Gasteiger partial charge on any atom is 0.306 e. The monoisotopic (exact) mass is 891 g/mol. The lowest BCUT2D eigenvalue weighted by molar-refractivity contribution is -0.167. The third kappa shape index (κ3) is 51.3. The normalized spacial score (nSPS) is 12.0. The van der Waals surface area contributed by atoms with E-state index in [1.54, 1.807) is 0 Å². The largest absolute Gasteiger partial charge is 0.462 e. The molecule has 0 N–H and O–H groups in total. The van der Waals surface area contributed by atoms with Crippen LogP contribution in [0.5, 0.6) is 0 Å². The zero-order valence-electron chi connectivity index (χ0n) is 43.0. The fourth-order valence-electron chi connectivity index (χ4n) is 8.75. The van der Waals surface area contributed by atoms with E-state index in [2.05, 4.69) is 27.7 Å². The van der Waals surface area contributed by atoms with E-state index in [0.717, 1.165) is 63.7 Å². The Balaban J connectivity index is 4.23. The predicted octanol–water partition coefficient (Wildman–Crippen LogP) is 18.6. The summed E-state index contributed by atoms with van der Waals surface area (Å²) in [5, 5.41) is 0. The van der Waals surface area contributed by atoms with Gasteiger partial charge in [-0.05, 0) is 25.2 Å². The minimum atomic E-state index is -0.761. The van der Waals surface area contributed by atoms with Crippen molar-refractivity contribution in [1.29, 1.82) is 0 Å². The van der Waals surface area contributed by atoms with Gasteiger partial charge >= 0.3 is 17.9 Å². The molecule has 0 saturated carbocycles. The zero-order valence-corrected chi connectivity index (χ0v) is 43.0. The number of ether oxygens (including phenoxy) is 3. The van der Waals surface area contributed by atoms with E-state index >= 15 is 0 Å². The first kappa shape index (κ1) is 61.4. The van der Waals surface area contributed by atoms with E-state index in [0.29, 0.717) is 19.3 Å². The first-order valence-corrected chi connectivity index (χ1v) is 28.4. The van der Waals surface area contributed by atoms with Crippen LogP contribution in [0.3, 0.4) is 0 Å². The highest BCUT2D eigenvalue weighted by molar-refractivity contribution is 5.71. The maximum atomic E-state index is 12.8. The predicted molar refractivity (Wildman–Crippen MR) is 270 cm³/mol. The Morgan fingerprint density at radius 2 is 0.524 bits per heavy atom. The van der Waals surface area contributed by atoms with Gasteiger partial charge in [-0.3, -0.25) is 14.4 Å². The molecule has 0 amide bonds. The Labute approximate surface area is 393 Å². The Bertz CT molecular complexity index is 949. The second-order valence-electron chi connectivity index (χ2n) is 20.1. The van der Waals surface area contributed by atoms with Crippen LogP contribution in [-0.2, 0) is 28.6 Å². The van der Waals surface area contributed by atoms with Crippen LogP contribution < -0.4 is 0 Å². The summed E-state index contributed by atoms with van der Waals surface area (Å²) in [5.74, 6) is 0.0154. The lowest BCUT2D eigenvalue weighted by Crippen LogP contribution is -2.30. The molecule has 0 aliphatic rings. The molecule has 0 bridgehead atoms. The quantitative estimate of drug-likeness (QED) is 0.0344. The average Bonchev–Trinajstić information content (AvgIpc) is 3.27. The van der Waals surface area contributed by atoms with Gasteiger partial charge in [-0.1, -0.05) is 285 Å². The van der Waals surface area contributed by atoms with Crippen LogP contribution in [0.15, 0.2) is 0 Å². The summed E-state index contributed by atoms with van der Waals surface area (Å²) in [7, 11) is 0. The van der Waals surface area contributed by atoms with E-state index < -0.39 is 6.10 Å². The van der Waals surface area contributed by atoms with Gasteiger partial charge in [-0.25, -0.2) is 0 Å². The maximum absolute atomic E-state index is 12.8. The summed E-state index contributed by atoms with van der Waals surface area (Å²) in [5.41, 5.74) is 0. The van der Waals surface area contributed by atoms with Gasteiger partial charge in [0.05, 0.1) is 0 Å². The molecule has 0 heterocycles. The zero-order chi connectivity index (χ0) is 45.9. The molecular formula is C57H110O6. The van der Waals surface area contributed by atoms with Crippen LogP contribution in [0, 0.1) is 5.92 Å². The molecule has 1 atom stereocenters. The number of esters is 3. The van der Waals surface area contributed by atoms with Crippen LogP contribution in [0.1, 0.15) is 323 Å². The molecular weight excluding hydrogens is 781 g/mol. The molecule has 0 saturated heterocycles. The van der Waals surface area contributed by atoms with Crippen LogP contribution in [-0.4, -0.2) is 37.2 Å². The molecule has 0 aromatic heterocycles. The second-order valence-corrected chi connectivity index (χ2v) is 20.1. The lowest BCUT2D eigenvalue weighted by Gasteiger charge is -2.18. The summed E-state index contributed by atoms with van der Waals surface area (Å²) in [6, 6.07) is 0. The molecule has 0 fully saturated rings. The van der Waals surface area contributed by atoms with Crippen molar-refractivity contribution in [2.75, 3.05) is 13.2 Å². The summed E-state index contributed by atoms with van der Waals surface area (Å²) in [4.78, 5) is 38.0. The molecule has 0 aliphatic heterocycles. The van der Waals surface area contributed by atoms with Gasteiger partial charge in [0.1, 0.15) is 13.2 Å². The molecule has 0 aliphatic carbocycles. The van der Waals surface area contributed by atoms with Gasteiger partial charge in [-0.2, -0.15) is 0 Å². The minimum absolute atomic E-state index is 0.0620.